The normalized spacial score (nSPS) is 21.4. The van der Waals surface area contributed by atoms with Crippen molar-refractivity contribution in [3.63, 3.8) is 0 Å². The highest BCUT2D eigenvalue weighted by molar-refractivity contribution is 7.89. The van der Waals surface area contributed by atoms with Crippen LogP contribution in [0.15, 0.2) is 23.1 Å². The highest BCUT2D eigenvalue weighted by Crippen LogP contribution is 2.34. The standard InChI is InChI=1S/C17H24ClNO4S/c1-19(11-14-6-8-22-12-14)24(20,21)17-10-15(18)4-5-16(17)23-9-7-13-2-3-13/h4-5,10,13-14H,2-3,6-9,11-12H2,1H3/t14-/m0/s1. The fraction of sp³-hybridized carbons (Fsp3) is 0.647. The molecule has 0 unspecified atom stereocenters. The molecule has 5 nitrogen and oxygen atoms in total. The van der Waals surface area contributed by atoms with E-state index in [9.17, 15) is 8.42 Å². The summed E-state index contributed by atoms with van der Waals surface area (Å²) < 4.78 is 38.4. The molecule has 3 rings (SSSR count). The van der Waals surface area contributed by atoms with Crippen LogP contribution < -0.4 is 4.74 Å². The first-order valence-corrected chi connectivity index (χ1v) is 10.2. The first-order valence-electron chi connectivity index (χ1n) is 8.43. The van der Waals surface area contributed by atoms with Crippen molar-refractivity contribution in [1.82, 2.24) is 4.31 Å². The Kier molecular flexibility index (Phi) is 5.70. The van der Waals surface area contributed by atoms with E-state index in [1.54, 1.807) is 19.2 Å². The molecular weight excluding hydrogens is 350 g/mol. The lowest BCUT2D eigenvalue weighted by Gasteiger charge is -2.22. The lowest BCUT2D eigenvalue weighted by Crippen LogP contribution is -2.32. The minimum atomic E-state index is -3.65. The Balaban J connectivity index is 1.74. The Morgan fingerprint density at radius 1 is 1.29 bits per heavy atom. The van der Waals surface area contributed by atoms with E-state index in [1.807, 2.05) is 0 Å². The van der Waals surface area contributed by atoms with Crippen LogP contribution in [-0.4, -0.2) is 46.1 Å². The van der Waals surface area contributed by atoms with Crippen molar-refractivity contribution in [2.75, 3.05) is 33.4 Å². The minimum Gasteiger partial charge on any atom is -0.492 e. The highest BCUT2D eigenvalue weighted by atomic mass is 35.5. The van der Waals surface area contributed by atoms with E-state index < -0.39 is 10.0 Å². The molecule has 1 atom stereocenters. The van der Waals surface area contributed by atoms with Crippen molar-refractivity contribution in [3.8, 4) is 5.75 Å². The van der Waals surface area contributed by atoms with E-state index in [0.29, 0.717) is 37.1 Å². The Labute approximate surface area is 148 Å². The summed E-state index contributed by atoms with van der Waals surface area (Å²) in [6.07, 6.45) is 4.36. The fourth-order valence-electron chi connectivity index (χ4n) is 2.90. The van der Waals surface area contributed by atoms with E-state index in [0.717, 1.165) is 18.8 Å². The van der Waals surface area contributed by atoms with Crippen LogP contribution in [0.3, 0.4) is 0 Å². The zero-order valence-electron chi connectivity index (χ0n) is 13.9. The molecule has 1 saturated carbocycles. The summed E-state index contributed by atoms with van der Waals surface area (Å²) in [6.45, 7) is 2.29. The maximum absolute atomic E-state index is 12.9. The Hall–Kier alpha value is -0.820. The summed E-state index contributed by atoms with van der Waals surface area (Å²) in [5.74, 6) is 1.36. The molecule has 0 bridgehead atoms. The van der Waals surface area contributed by atoms with Gasteiger partial charge in [-0.25, -0.2) is 12.7 Å². The number of rotatable bonds is 8. The summed E-state index contributed by atoms with van der Waals surface area (Å²) >= 11 is 6.03. The van der Waals surface area contributed by atoms with Gasteiger partial charge in [0.15, 0.2) is 0 Å². The second-order valence-electron chi connectivity index (χ2n) is 6.69. The van der Waals surface area contributed by atoms with Gasteiger partial charge in [-0.1, -0.05) is 24.4 Å². The number of ether oxygens (including phenoxy) is 2. The van der Waals surface area contributed by atoms with Gasteiger partial charge in [-0.2, -0.15) is 0 Å². The Morgan fingerprint density at radius 2 is 2.08 bits per heavy atom. The molecule has 0 amide bonds. The smallest absolute Gasteiger partial charge is 0.246 e. The van der Waals surface area contributed by atoms with Crippen molar-refractivity contribution in [3.05, 3.63) is 23.2 Å². The topological polar surface area (TPSA) is 55.8 Å². The van der Waals surface area contributed by atoms with Crippen LogP contribution in [0.5, 0.6) is 5.75 Å². The zero-order chi connectivity index (χ0) is 17.2. The fourth-order valence-corrected chi connectivity index (χ4v) is 4.54. The molecule has 24 heavy (non-hydrogen) atoms. The molecule has 7 heteroatoms. The third-order valence-corrected chi connectivity index (χ3v) is 6.69. The van der Waals surface area contributed by atoms with Crippen molar-refractivity contribution in [2.45, 2.75) is 30.6 Å². The average molecular weight is 374 g/mol. The molecule has 0 N–H and O–H groups in total. The molecule has 1 saturated heterocycles. The third-order valence-electron chi connectivity index (χ3n) is 4.61. The monoisotopic (exact) mass is 373 g/mol. The van der Waals surface area contributed by atoms with E-state index >= 15 is 0 Å². The lowest BCUT2D eigenvalue weighted by atomic mass is 10.1. The van der Waals surface area contributed by atoms with Gasteiger partial charge in [-0.15, -0.1) is 0 Å². The van der Waals surface area contributed by atoms with Gasteiger partial charge in [0.25, 0.3) is 0 Å². The van der Waals surface area contributed by atoms with E-state index in [1.165, 1.54) is 23.2 Å². The maximum atomic E-state index is 12.9. The molecule has 2 fully saturated rings. The van der Waals surface area contributed by atoms with Crippen LogP contribution >= 0.6 is 11.6 Å². The van der Waals surface area contributed by atoms with Gasteiger partial charge in [0.2, 0.25) is 10.0 Å². The number of hydrogen-bond donors (Lipinski definition) is 0. The highest BCUT2D eigenvalue weighted by Gasteiger charge is 2.29. The molecule has 0 aromatic heterocycles. The number of nitrogens with zero attached hydrogens (tertiary/aromatic N) is 1. The predicted octanol–water partition coefficient (Wildman–Crippen LogP) is 3.18. The molecule has 1 aromatic rings. The SMILES string of the molecule is CN(C[C@@H]1CCOC1)S(=O)(=O)c1cc(Cl)ccc1OCCC1CC1. The second-order valence-corrected chi connectivity index (χ2v) is 9.14. The Bertz CT molecular complexity index is 669. The van der Waals surface area contributed by atoms with Crippen LogP contribution in [0.2, 0.25) is 5.02 Å². The van der Waals surface area contributed by atoms with E-state index in [-0.39, 0.29) is 10.8 Å². The first kappa shape index (κ1) is 18.0. The summed E-state index contributed by atoms with van der Waals surface area (Å²) in [5, 5.41) is 0.390. The van der Waals surface area contributed by atoms with Crippen molar-refractivity contribution < 1.29 is 17.9 Å². The first-order chi connectivity index (χ1) is 11.5. The molecule has 0 radical (unpaired) electrons. The Morgan fingerprint density at radius 3 is 2.75 bits per heavy atom. The predicted molar refractivity (Wildman–Crippen MR) is 93.0 cm³/mol. The van der Waals surface area contributed by atoms with Gasteiger partial charge in [0.05, 0.1) is 13.2 Å². The van der Waals surface area contributed by atoms with Crippen LogP contribution in [0.1, 0.15) is 25.7 Å². The van der Waals surface area contributed by atoms with Crippen LogP contribution in [0.4, 0.5) is 0 Å². The molecule has 1 heterocycles. The number of sulfonamides is 1. The molecule has 1 aliphatic carbocycles. The molecule has 1 aromatic carbocycles. The van der Waals surface area contributed by atoms with Gasteiger partial charge in [-0.3, -0.25) is 0 Å². The third kappa shape index (κ3) is 4.42. The van der Waals surface area contributed by atoms with Gasteiger partial charge in [-0.05, 0) is 42.9 Å². The van der Waals surface area contributed by atoms with Crippen molar-refractivity contribution in [2.24, 2.45) is 11.8 Å². The number of halogens is 1. The lowest BCUT2D eigenvalue weighted by molar-refractivity contribution is 0.182. The largest absolute Gasteiger partial charge is 0.492 e. The van der Waals surface area contributed by atoms with Crippen LogP contribution in [0, 0.1) is 11.8 Å². The molecule has 1 aliphatic heterocycles. The number of hydrogen-bond acceptors (Lipinski definition) is 4. The quantitative estimate of drug-likeness (QED) is 0.702. The summed E-state index contributed by atoms with van der Waals surface area (Å²) in [7, 11) is -2.05. The van der Waals surface area contributed by atoms with Crippen LogP contribution in [-0.2, 0) is 14.8 Å². The van der Waals surface area contributed by atoms with Crippen LogP contribution in [0.25, 0.3) is 0 Å². The molecule has 0 spiro atoms. The van der Waals surface area contributed by atoms with Gasteiger partial charge < -0.3 is 9.47 Å². The van der Waals surface area contributed by atoms with E-state index in [4.69, 9.17) is 21.1 Å². The maximum Gasteiger partial charge on any atom is 0.246 e. The molecule has 134 valence electrons. The zero-order valence-corrected chi connectivity index (χ0v) is 15.5. The average Bonchev–Trinajstić information content (AvgIpc) is 3.23. The number of benzene rings is 1. The summed E-state index contributed by atoms with van der Waals surface area (Å²) in [6, 6.07) is 4.79. The summed E-state index contributed by atoms with van der Waals surface area (Å²) in [4.78, 5) is 0.146. The van der Waals surface area contributed by atoms with Gasteiger partial charge in [0, 0.05) is 25.2 Å². The molecular formula is C17H24ClNO4S. The van der Waals surface area contributed by atoms with Crippen molar-refractivity contribution in [1.29, 1.82) is 0 Å². The second kappa shape index (κ2) is 7.60. The van der Waals surface area contributed by atoms with Crippen molar-refractivity contribution >= 4 is 21.6 Å². The van der Waals surface area contributed by atoms with Gasteiger partial charge >= 0.3 is 0 Å². The van der Waals surface area contributed by atoms with E-state index in [2.05, 4.69) is 0 Å². The minimum absolute atomic E-state index is 0.146. The molecule has 2 aliphatic rings. The summed E-state index contributed by atoms with van der Waals surface area (Å²) in [5.41, 5.74) is 0. The van der Waals surface area contributed by atoms with Gasteiger partial charge in [0.1, 0.15) is 10.6 Å².